The van der Waals surface area contributed by atoms with E-state index in [1.807, 2.05) is 35.1 Å². The molecule has 0 aromatic carbocycles. The van der Waals surface area contributed by atoms with E-state index in [9.17, 15) is 9.59 Å². The Bertz CT molecular complexity index is 971. The van der Waals surface area contributed by atoms with Crippen molar-refractivity contribution < 1.29 is 14.3 Å². The fraction of sp³-hybridized carbons (Fsp3) is 0.333. The Kier molecular flexibility index (Phi) is 7.70. The molecule has 0 bridgehead atoms. The van der Waals surface area contributed by atoms with Crippen molar-refractivity contribution in [3.05, 3.63) is 38.9 Å². The highest BCUT2D eigenvalue weighted by atomic mass is 35.5. The topological polar surface area (TPSA) is 77.3 Å². The molecule has 0 fully saturated rings. The van der Waals surface area contributed by atoms with E-state index in [1.54, 1.807) is 24.5 Å². The van der Waals surface area contributed by atoms with Crippen LogP contribution in [0.15, 0.2) is 34.8 Å². The summed E-state index contributed by atoms with van der Waals surface area (Å²) in [6, 6.07) is 7.60. The number of thioether (sulfide) groups is 1. The molecule has 0 saturated heterocycles. The van der Waals surface area contributed by atoms with Gasteiger partial charge in [0.2, 0.25) is 0 Å². The molecule has 0 unspecified atom stereocenters. The number of hydrogen-bond donors (Lipinski definition) is 0. The fourth-order valence-corrected chi connectivity index (χ4v) is 5.10. The lowest BCUT2D eigenvalue weighted by atomic mass is 10.4. The number of likely N-dealkylation sites (N-methyl/N-ethyl adjacent to an activating group) is 1. The largest absolute Gasteiger partial charge is 0.455 e. The van der Waals surface area contributed by atoms with Gasteiger partial charge in [0.1, 0.15) is 0 Å². The van der Waals surface area contributed by atoms with Gasteiger partial charge in [-0.3, -0.25) is 9.59 Å². The monoisotopic (exact) mass is 470 g/mol. The molecular formula is C18H19ClN4O3S3. The van der Waals surface area contributed by atoms with Crippen LogP contribution in [0.3, 0.4) is 0 Å². The van der Waals surface area contributed by atoms with Gasteiger partial charge in [-0.2, -0.15) is 0 Å². The summed E-state index contributed by atoms with van der Waals surface area (Å²) in [6.45, 7) is 2.81. The van der Waals surface area contributed by atoms with Crippen LogP contribution < -0.4 is 0 Å². The van der Waals surface area contributed by atoms with Crippen LogP contribution in [-0.2, 0) is 27.4 Å². The molecule has 154 valence electrons. The molecule has 3 heterocycles. The Hall–Kier alpha value is -1.88. The van der Waals surface area contributed by atoms with Gasteiger partial charge in [0.15, 0.2) is 17.6 Å². The number of carbonyl (C=O) groups is 2. The number of aromatic nitrogens is 3. The highest BCUT2D eigenvalue weighted by Gasteiger charge is 2.17. The van der Waals surface area contributed by atoms with Crippen LogP contribution in [0.4, 0.5) is 0 Å². The fourth-order valence-electron chi connectivity index (χ4n) is 2.44. The number of halogens is 1. The lowest BCUT2D eigenvalue weighted by molar-refractivity contribution is -0.149. The molecule has 0 aliphatic carbocycles. The summed E-state index contributed by atoms with van der Waals surface area (Å²) < 4.78 is 7.74. The predicted molar refractivity (Wildman–Crippen MR) is 116 cm³/mol. The van der Waals surface area contributed by atoms with Crippen LogP contribution in [-0.4, -0.2) is 50.9 Å². The predicted octanol–water partition coefficient (Wildman–Crippen LogP) is 4.04. The van der Waals surface area contributed by atoms with Gasteiger partial charge in [0.25, 0.3) is 5.91 Å². The summed E-state index contributed by atoms with van der Waals surface area (Å²) in [5.74, 6) is 0.0905. The van der Waals surface area contributed by atoms with E-state index < -0.39 is 5.97 Å². The van der Waals surface area contributed by atoms with Gasteiger partial charge in [0, 0.05) is 18.5 Å². The lowest BCUT2D eigenvalue weighted by Gasteiger charge is -2.16. The Morgan fingerprint density at radius 1 is 1.31 bits per heavy atom. The molecule has 0 radical (unpaired) electrons. The minimum atomic E-state index is -0.473. The summed E-state index contributed by atoms with van der Waals surface area (Å²) in [4.78, 5) is 27.7. The Labute approximate surface area is 185 Å². The van der Waals surface area contributed by atoms with E-state index in [1.165, 1.54) is 28.0 Å². The molecule has 3 aromatic rings. The maximum atomic E-state index is 12.2. The summed E-state index contributed by atoms with van der Waals surface area (Å²) in [6.07, 6.45) is 0. The van der Waals surface area contributed by atoms with Gasteiger partial charge in [-0.25, -0.2) is 0 Å². The van der Waals surface area contributed by atoms with Crippen LogP contribution in [0, 0.1) is 0 Å². The van der Waals surface area contributed by atoms with Gasteiger partial charge in [-0.05, 0) is 30.5 Å². The van der Waals surface area contributed by atoms with E-state index in [2.05, 4.69) is 10.2 Å². The Morgan fingerprint density at radius 2 is 2.14 bits per heavy atom. The average Bonchev–Trinajstić information content (AvgIpc) is 3.44. The van der Waals surface area contributed by atoms with Crippen molar-refractivity contribution in [2.75, 3.05) is 19.4 Å². The van der Waals surface area contributed by atoms with Crippen molar-refractivity contribution >= 4 is 57.9 Å². The first-order chi connectivity index (χ1) is 14.0. The number of amides is 1. The summed E-state index contributed by atoms with van der Waals surface area (Å²) in [7, 11) is 1.66. The Morgan fingerprint density at radius 3 is 2.79 bits per heavy atom. The maximum Gasteiger partial charge on any atom is 0.316 e. The number of ether oxygens (including phenoxy) is 1. The minimum absolute atomic E-state index is 0.0557. The van der Waals surface area contributed by atoms with Gasteiger partial charge >= 0.3 is 5.97 Å². The number of rotatable bonds is 9. The van der Waals surface area contributed by atoms with Crippen molar-refractivity contribution in [1.82, 2.24) is 19.7 Å². The molecule has 0 N–H and O–H groups in total. The van der Waals surface area contributed by atoms with E-state index in [4.69, 9.17) is 16.3 Å². The van der Waals surface area contributed by atoms with E-state index >= 15 is 0 Å². The lowest BCUT2D eigenvalue weighted by Crippen LogP contribution is -2.30. The van der Waals surface area contributed by atoms with Crippen LogP contribution in [0.25, 0.3) is 10.7 Å². The standard InChI is InChI=1S/C18H19ClN4O3S3/c1-3-23-17(13-5-4-8-27-13)20-21-18(23)28-11-16(25)26-10-15(24)22(2)9-12-6-7-14(19)29-12/h4-8H,3,9-11H2,1-2H3. The molecule has 0 saturated carbocycles. The number of hydrogen-bond acceptors (Lipinski definition) is 8. The highest BCUT2D eigenvalue weighted by molar-refractivity contribution is 7.99. The quantitative estimate of drug-likeness (QED) is 0.347. The molecule has 11 heteroatoms. The van der Waals surface area contributed by atoms with Crippen LogP contribution in [0.1, 0.15) is 11.8 Å². The number of nitrogens with zero attached hydrogens (tertiary/aromatic N) is 4. The molecule has 3 aromatic heterocycles. The molecule has 29 heavy (non-hydrogen) atoms. The Balaban J connectivity index is 1.47. The van der Waals surface area contributed by atoms with Crippen molar-refractivity contribution in [2.45, 2.75) is 25.2 Å². The third-order valence-electron chi connectivity index (χ3n) is 3.90. The molecule has 1 amide bonds. The molecule has 0 spiro atoms. The SMILES string of the molecule is CCn1c(SCC(=O)OCC(=O)N(C)Cc2ccc(Cl)s2)nnc1-c1cccs1. The second kappa shape index (κ2) is 10.2. The molecular weight excluding hydrogens is 452 g/mol. The first kappa shape index (κ1) is 21.8. The number of esters is 1. The summed E-state index contributed by atoms with van der Waals surface area (Å²) in [5.41, 5.74) is 0. The van der Waals surface area contributed by atoms with Crippen LogP contribution in [0.5, 0.6) is 0 Å². The zero-order valence-corrected chi connectivity index (χ0v) is 19.0. The highest BCUT2D eigenvalue weighted by Crippen LogP contribution is 2.27. The number of carbonyl (C=O) groups excluding carboxylic acids is 2. The van der Waals surface area contributed by atoms with E-state index in [-0.39, 0.29) is 18.3 Å². The van der Waals surface area contributed by atoms with Gasteiger partial charge in [-0.15, -0.1) is 32.9 Å². The third kappa shape index (κ3) is 5.81. The van der Waals surface area contributed by atoms with Crippen molar-refractivity contribution in [3.63, 3.8) is 0 Å². The molecule has 0 aliphatic heterocycles. The maximum absolute atomic E-state index is 12.2. The third-order valence-corrected chi connectivity index (χ3v) is 6.92. The molecule has 0 aliphatic rings. The minimum Gasteiger partial charge on any atom is -0.455 e. The normalized spacial score (nSPS) is 10.9. The second-order valence-electron chi connectivity index (χ2n) is 5.93. The van der Waals surface area contributed by atoms with Crippen molar-refractivity contribution in [2.24, 2.45) is 0 Å². The summed E-state index contributed by atoms with van der Waals surface area (Å²) >= 11 is 10.1. The van der Waals surface area contributed by atoms with Crippen molar-refractivity contribution in [1.29, 1.82) is 0 Å². The van der Waals surface area contributed by atoms with Gasteiger partial charge < -0.3 is 14.2 Å². The summed E-state index contributed by atoms with van der Waals surface area (Å²) in [5, 5.41) is 11.0. The smallest absolute Gasteiger partial charge is 0.316 e. The van der Waals surface area contributed by atoms with E-state index in [0.717, 1.165) is 15.6 Å². The number of thiophene rings is 2. The first-order valence-corrected chi connectivity index (χ1v) is 11.8. The molecule has 0 atom stereocenters. The van der Waals surface area contributed by atoms with Crippen molar-refractivity contribution in [3.8, 4) is 10.7 Å². The van der Waals surface area contributed by atoms with Crippen LogP contribution in [0.2, 0.25) is 4.34 Å². The molecule has 3 rings (SSSR count). The first-order valence-electron chi connectivity index (χ1n) is 8.71. The zero-order chi connectivity index (χ0) is 20.8. The second-order valence-corrected chi connectivity index (χ2v) is 9.62. The van der Waals surface area contributed by atoms with E-state index in [0.29, 0.717) is 22.6 Å². The molecule has 7 nitrogen and oxygen atoms in total. The van der Waals surface area contributed by atoms with Gasteiger partial charge in [-0.1, -0.05) is 29.4 Å². The average molecular weight is 471 g/mol. The zero-order valence-electron chi connectivity index (χ0n) is 15.8. The van der Waals surface area contributed by atoms with Gasteiger partial charge in [0.05, 0.1) is 21.5 Å². The van der Waals surface area contributed by atoms with Crippen LogP contribution >= 0.6 is 46.0 Å².